The zero-order chi connectivity index (χ0) is 15.7. The second kappa shape index (κ2) is 5.57. The van der Waals surface area contributed by atoms with Gasteiger partial charge in [0, 0.05) is 6.54 Å². The molecule has 0 saturated carbocycles. The number of thiophene rings is 1. The first kappa shape index (κ1) is 14.8. The second-order valence-corrected chi connectivity index (χ2v) is 6.97. The summed E-state index contributed by atoms with van der Waals surface area (Å²) >= 11 is 1.68. The Morgan fingerprint density at radius 3 is 2.91 bits per heavy atom. The maximum atomic E-state index is 12.1. The standard InChI is InChI=1S/C15H19N5OS/c1-15(2,3)20-12-11(8-17-20)13(21)19-14(18-12)16-6-4-10-5-7-22-9-10/h5,7-9H,4,6H2,1-3H3,(H2,16,18,19,21). The van der Waals surface area contributed by atoms with Crippen molar-refractivity contribution in [1.82, 2.24) is 19.7 Å². The number of aromatic amines is 1. The topological polar surface area (TPSA) is 75.6 Å². The number of fused-ring (bicyclic) bond motifs is 1. The highest BCUT2D eigenvalue weighted by Gasteiger charge is 2.19. The first-order chi connectivity index (χ1) is 10.4. The van der Waals surface area contributed by atoms with E-state index in [-0.39, 0.29) is 11.1 Å². The Morgan fingerprint density at radius 1 is 1.41 bits per heavy atom. The molecule has 0 amide bonds. The van der Waals surface area contributed by atoms with Crippen molar-refractivity contribution in [2.75, 3.05) is 11.9 Å². The summed E-state index contributed by atoms with van der Waals surface area (Å²) in [5.74, 6) is 0.485. The van der Waals surface area contributed by atoms with Crippen LogP contribution in [0, 0.1) is 0 Å². The summed E-state index contributed by atoms with van der Waals surface area (Å²) in [5.41, 5.74) is 1.49. The van der Waals surface area contributed by atoms with Crippen LogP contribution in [0.2, 0.25) is 0 Å². The number of anilines is 1. The Morgan fingerprint density at radius 2 is 2.23 bits per heavy atom. The fourth-order valence-corrected chi connectivity index (χ4v) is 2.96. The molecule has 3 heterocycles. The molecule has 3 aromatic heterocycles. The van der Waals surface area contributed by atoms with Gasteiger partial charge in [-0.25, -0.2) is 4.68 Å². The Bertz CT molecular complexity index is 826. The van der Waals surface area contributed by atoms with E-state index in [2.05, 4.69) is 37.2 Å². The molecule has 0 atom stereocenters. The summed E-state index contributed by atoms with van der Waals surface area (Å²) in [6, 6.07) is 2.10. The molecule has 0 radical (unpaired) electrons. The molecule has 3 rings (SSSR count). The average Bonchev–Trinajstić information content (AvgIpc) is 3.06. The first-order valence-electron chi connectivity index (χ1n) is 7.18. The van der Waals surface area contributed by atoms with Crippen molar-refractivity contribution in [3.8, 4) is 0 Å². The molecule has 0 fully saturated rings. The van der Waals surface area contributed by atoms with E-state index in [0.717, 1.165) is 13.0 Å². The lowest BCUT2D eigenvalue weighted by atomic mass is 10.1. The van der Waals surface area contributed by atoms with Gasteiger partial charge in [-0.1, -0.05) is 0 Å². The van der Waals surface area contributed by atoms with E-state index < -0.39 is 0 Å². The molecule has 22 heavy (non-hydrogen) atoms. The molecule has 6 nitrogen and oxygen atoms in total. The predicted octanol–water partition coefficient (Wildman–Crippen LogP) is 2.59. The van der Waals surface area contributed by atoms with E-state index in [1.54, 1.807) is 22.2 Å². The number of aromatic nitrogens is 4. The zero-order valence-electron chi connectivity index (χ0n) is 12.9. The van der Waals surface area contributed by atoms with Crippen LogP contribution in [0.15, 0.2) is 27.8 Å². The van der Waals surface area contributed by atoms with Crippen LogP contribution in [-0.4, -0.2) is 26.3 Å². The van der Waals surface area contributed by atoms with Crippen molar-refractivity contribution in [1.29, 1.82) is 0 Å². The normalized spacial score (nSPS) is 12.0. The van der Waals surface area contributed by atoms with Gasteiger partial charge in [-0.15, -0.1) is 0 Å². The lowest BCUT2D eigenvalue weighted by Gasteiger charge is -2.19. The van der Waals surface area contributed by atoms with Crippen LogP contribution in [0.25, 0.3) is 11.0 Å². The van der Waals surface area contributed by atoms with Gasteiger partial charge in [0.1, 0.15) is 5.39 Å². The molecule has 0 bridgehead atoms. The second-order valence-electron chi connectivity index (χ2n) is 6.19. The van der Waals surface area contributed by atoms with E-state index >= 15 is 0 Å². The Kier molecular flexibility index (Phi) is 3.74. The summed E-state index contributed by atoms with van der Waals surface area (Å²) in [5, 5.41) is 12.2. The summed E-state index contributed by atoms with van der Waals surface area (Å²) in [6.45, 7) is 6.82. The predicted molar refractivity (Wildman–Crippen MR) is 89.7 cm³/mol. The quantitative estimate of drug-likeness (QED) is 0.775. The van der Waals surface area contributed by atoms with Crippen LogP contribution in [0.3, 0.4) is 0 Å². The van der Waals surface area contributed by atoms with Gasteiger partial charge in [-0.3, -0.25) is 9.78 Å². The zero-order valence-corrected chi connectivity index (χ0v) is 13.7. The summed E-state index contributed by atoms with van der Waals surface area (Å²) in [4.78, 5) is 19.4. The first-order valence-corrected chi connectivity index (χ1v) is 8.13. The van der Waals surface area contributed by atoms with Crippen molar-refractivity contribution >= 4 is 28.3 Å². The highest BCUT2D eigenvalue weighted by Crippen LogP contribution is 2.18. The largest absolute Gasteiger partial charge is 0.355 e. The summed E-state index contributed by atoms with van der Waals surface area (Å²) < 4.78 is 1.78. The minimum atomic E-state index is -0.226. The van der Waals surface area contributed by atoms with Crippen LogP contribution in [0.5, 0.6) is 0 Å². The van der Waals surface area contributed by atoms with Crippen molar-refractivity contribution in [2.45, 2.75) is 32.7 Å². The highest BCUT2D eigenvalue weighted by atomic mass is 32.1. The third kappa shape index (κ3) is 2.89. The highest BCUT2D eigenvalue weighted by molar-refractivity contribution is 7.07. The smallest absolute Gasteiger partial charge is 0.263 e. The molecule has 116 valence electrons. The number of rotatable bonds is 4. The molecule has 2 N–H and O–H groups in total. The number of H-pyrrole nitrogens is 1. The van der Waals surface area contributed by atoms with Crippen molar-refractivity contribution < 1.29 is 0 Å². The van der Waals surface area contributed by atoms with E-state index in [9.17, 15) is 4.79 Å². The van der Waals surface area contributed by atoms with Crippen LogP contribution in [0.4, 0.5) is 5.95 Å². The van der Waals surface area contributed by atoms with Gasteiger partial charge in [-0.05, 0) is 49.6 Å². The Hall–Kier alpha value is -2.15. The Labute approximate surface area is 132 Å². The molecule has 0 aliphatic heterocycles. The van der Waals surface area contributed by atoms with Crippen LogP contribution in [-0.2, 0) is 12.0 Å². The van der Waals surface area contributed by atoms with E-state index in [1.165, 1.54) is 5.56 Å². The molecular weight excluding hydrogens is 298 g/mol. The van der Waals surface area contributed by atoms with Gasteiger partial charge in [0.2, 0.25) is 5.95 Å². The third-order valence-corrected chi connectivity index (χ3v) is 4.09. The van der Waals surface area contributed by atoms with E-state index in [4.69, 9.17) is 0 Å². The minimum Gasteiger partial charge on any atom is -0.355 e. The summed E-state index contributed by atoms with van der Waals surface area (Å²) in [7, 11) is 0. The number of hydrogen-bond donors (Lipinski definition) is 2. The molecule has 0 unspecified atom stereocenters. The van der Waals surface area contributed by atoms with Crippen molar-refractivity contribution in [3.63, 3.8) is 0 Å². The van der Waals surface area contributed by atoms with Crippen molar-refractivity contribution in [2.24, 2.45) is 0 Å². The molecule has 0 aliphatic carbocycles. The maximum Gasteiger partial charge on any atom is 0.263 e. The molecule has 7 heteroatoms. The van der Waals surface area contributed by atoms with Crippen molar-refractivity contribution in [3.05, 3.63) is 38.9 Å². The van der Waals surface area contributed by atoms with Crippen LogP contribution >= 0.6 is 11.3 Å². The Balaban J connectivity index is 1.86. The lowest BCUT2D eigenvalue weighted by Crippen LogP contribution is -2.24. The van der Waals surface area contributed by atoms with Gasteiger partial charge in [0.15, 0.2) is 5.65 Å². The molecular formula is C15H19N5OS. The van der Waals surface area contributed by atoms with Gasteiger partial charge >= 0.3 is 0 Å². The third-order valence-electron chi connectivity index (χ3n) is 3.36. The summed E-state index contributed by atoms with van der Waals surface area (Å²) in [6.07, 6.45) is 2.46. The lowest BCUT2D eigenvalue weighted by molar-refractivity contribution is 0.366. The SMILES string of the molecule is CC(C)(C)n1ncc2c(=O)[nH]c(NCCc3ccsc3)nc21. The molecule has 0 aliphatic rings. The fourth-order valence-electron chi connectivity index (χ4n) is 2.25. The van der Waals surface area contributed by atoms with E-state index in [0.29, 0.717) is 17.0 Å². The van der Waals surface area contributed by atoms with E-state index in [1.807, 2.05) is 20.8 Å². The molecule has 3 aromatic rings. The number of nitrogens with zero attached hydrogens (tertiary/aromatic N) is 3. The number of hydrogen-bond acceptors (Lipinski definition) is 5. The van der Waals surface area contributed by atoms with Crippen LogP contribution in [0.1, 0.15) is 26.3 Å². The van der Waals surface area contributed by atoms with Gasteiger partial charge in [0.25, 0.3) is 5.56 Å². The van der Waals surface area contributed by atoms with Gasteiger partial charge < -0.3 is 5.32 Å². The molecule has 0 saturated heterocycles. The molecule has 0 spiro atoms. The number of nitrogens with one attached hydrogen (secondary N) is 2. The van der Waals surface area contributed by atoms with Gasteiger partial charge in [0.05, 0.1) is 11.7 Å². The average molecular weight is 317 g/mol. The van der Waals surface area contributed by atoms with Crippen LogP contribution < -0.4 is 10.9 Å². The fraction of sp³-hybridized carbons (Fsp3) is 0.400. The minimum absolute atomic E-state index is 0.168. The molecule has 0 aromatic carbocycles. The monoisotopic (exact) mass is 317 g/mol. The maximum absolute atomic E-state index is 12.1. The van der Waals surface area contributed by atoms with Gasteiger partial charge in [-0.2, -0.15) is 21.4 Å².